The lowest BCUT2D eigenvalue weighted by Crippen LogP contribution is -2.44. The Morgan fingerprint density at radius 1 is 1.35 bits per heavy atom. The average molecular weight is 530 g/mol. The zero-order chi connectivity index (χ0) is 23.2. The summed E-state index contributed by atoms with van der Waals surface area (Å²) >= 11 is 7.95. The van der Waals surface area contributed by atoms with Gasteiger partial charge in [0.15, 0.2) is 26.8 Å². The minimum Gasteiger partial charge on any atom is -0.414 e. The van der Waals surface area contributed by atoms with Crippen LogP contribution in [0.4, 0.5) is 4.39 Å². The van der Waals surface area contributed by atoms with Crippen LogP contribution >= 0.6 is 40.1 Å². The summed E-state index contributed by atoms with van der Waals surface area (Å²) in [7, 11) is -2.11. The number of nitrogens with one attached hydrogen (secondary N) is 1. The van der Waals surface area contributed by atoms with Crippen molar-refractivity contribution in [2.45, 2.75) is 70.4 Å². The number of hydrogen-bond donors (Lipinski definition) is 2. The Morgan fingerprint density at radius 3 is 2.55 bits per heavy atom. The zero-order valence-corrected chi connectivity index (χ0v) is 23.0. The van der Waals surface area contributed by atoms with Crippen molar-refractivity contribution in [3.05, 3.63) is 32.6 Å². The molecule has 31 heavy (non-hydrogen) atoms. The third-order valence-corrected chi connectivity index (χ3v) is 20.5. The van der Waals surface area contributed by atoms with E-state index in [0.717, 1.165) is 16.1 Å². The Hall–Kier alpha value is 0.187. The number of aromatic amines is 1. The number of H-pyrrole nitrogens is 1. The van der Waals surface area contributed by atoms with Gasteiger partial charge in [-0.15, -0.1) is 0 Å². The third kappa shape index (κ3) is 5.64. The number of aryl methyl sites for hydroxylation is 1. The highest BCUT2D eigenvalue weighted by Gasteiger charge is 2.57. The molecule has 0 unspecified atom stereocenters. The van der Waals surface area contributed by atoms with E-state index in [9.17, 15) is 9.59 Å². The molecule has 1 aromatic rings. The molecule has 2 fully saturated rings. The number of alkyl halides is 1. The second-order valence-electron chi connectivity index (χ2n) is 9.26. The summed E-state index contributed by atoms with van der Waals surface area (Å²) in [5.74, 6) is 1.80. The number of nitrogens with zero attached hydrogens (tertiary/aromatic N) is 1. The number of aromatic nitrogens is 2. The molecule has 0 saturated carbocycles. The maximum Gasteiger partial charge on any atom is 0.330 e. The fraction of sp³-hybridized carbons (Fsp3) is 0.778. The predicted octanol–water partition coefficient (Wildman–Crippen LogP) is 4.57. The molecule has 2 aliphatic heterocycles. The maximum atomic E-state index is 15.7. The van der Waals surface area contributed by atoms with Crippen LogP contribution in [-0.4, -0.2) is 54.4 Å². The van der Waals surface area contributed by atoms with E-state index in [2.05, 4.69) is 38.8 Å². The van der Waals surface area contributed by atoms with Crippen molar-refractivity contribution < 1.29 is 18.1 Å². The lowest BCUT2D eigenvalue weighted by molar-refractivity contribution is -0.0438. The van der Waals surface area contributed by atoms with Crippen LogP contribution in [0.5, 0.6) is 0 Å². The topological polar surface area (TPSA) is 82.6 Å². The molecule has 2 aliphatic rings. The van der Waals surface area contributed by atoms with Gasteiger partial charge in [-0.1, -0.05) is 20.8 Å². The maximum absolute atomic E-state index is 15.7. The molecular formula is C18H31FN2O5PS3Si+. The summed E-state index contributed by atoms with van der Waals surface area (Å²) in [6, 6.07) is 0. The van der Waals surface area contributed by atoms with Gasteiger partial charge in [-0.05, 0) is 25.1 Å². The van der Waals surface area contributed by atoms with Crippen LogP contribution in [0.15, 0.2) is 15.8 Å². The van der Waals surface area contributed by atoms with E-state index in [4.69, 9.17) is 25.9 Å². The first-order chi connectivity index (χ1) is 14.2. The molecule has 7 nitrogen and oxygen atoms in total. The predicted molar refractivity (Wildman–Crippen MR) is 134 cm³/mol. The first-order valence-electron chi connectivity index (χ1n) is 10.1. The van der Waals surface area contributed by atoms with Crippen LogP contribution in [0, 0.1) is 6.92 Å². The molecule has 13 heteroatoms. The normalized spacial score (nSPS) is 28.9. The molecule has 3 rings (SSSR count). The van der Waals surface area contributed by atoms with Crippen molar-refractivity contribution in [2.75, 3.05) is 18.1 Å². The quantitative estimate of drug-likeness (QED) is 0.317. The third-order valence-electron chi connectivity index (χ3n) is 5.95. The SMILES string of the molecule is Cc1cn([C@@H]2O[C@H](CO[Si](C)(C)C(C)(C)C)[C@@H](O[P+]3(S)SCCS3)[C@H]2F)c(=O)[nH]c1=O. The standard InChI is InChI=1S/C18H30FN2O5PS3Si/c1-11-9-21(17(23)20-15(11)22)16-13(19)14(26-27(28)29-7-8-30-27)12(25-16)10-24-31(5,6)18(2,3)4/h9,12-14,16,28H,7-8,10H2,1-6H3/p+1/t12-,13-,14-,16-/m1/s1. The highest BCUT2D eigenvalue weighted by Crippen LogP contribution is 2.87. The Bertz CT molecular complexity index is 919. The molecular weight excluding hydrogens is 498 g/mol. The molecule has 0 aliphatic carbocycles. The Balaban J connectivity index is 1.88. The number of hydrogen-bond acceptors (Lipinski definition) is 8. The van der Waals surface area contributed by atoms with E-state index in [0.29, 0.717) is 5.56 Å². The monoisotopic (exact) mass is 529 g/mol. The second kappa shape index (κ2) is 9.44. The van der Waals surface area contributed by atoms with Gasteiger partial charge in [0.05, 0.1) is 41.6 Å². The van der Waals surface area contributed by atoms with E-state index in [1.165, 1.54) is 6.20 Å². The minimum atomic E-state index is -2.17. The van der Waals surface area contributed by atoms with Crippen LogP contribution < -0.4 is 11.2 Å². The van der Waals surface area contributed by atoms with Crippen molar-refractivity contribution in [3.8, 4) is 0 Å². The summed E-state index contributed by atoms with van der Waals surface area (Å²) in [6.45, 7) is 12.4. The van der Waals surface area contributed by atoms with E-state index in [1.54, 1.807) is 29.7 Å². The van der Waals surface area contributed by atoms with E-state index in [1.807, 2.05) is 0 Å². The van der Waals surface area contributed by atoms with Crippen LogP contribution in [0.25, 0.3) is 0 Å². The molecule has 1 N–H and O–H groups in total. The van der Waals surface area contributed by atoms with Crippen molar-refractivity contribution in [1.82, 2.24) is 9.55 Å². The van der Waals surface area contributed by atoms with Crippen LogP contribution in [0.2, 0.25) is 18.1 Å². The van der Waals surface area contributed by atoms with Crippen LogP contribution in [0.1, 0.15) is 32.6 Å². The molecule has 2 saturated heterocycles. The summed E-state index contributed by atoms with van der Waals surface area (Å²) < 4.78 is 35.3. The molecule has 176 valence electrons. The van der Waals surface area contributed by atoms with Gasteiger partial charge < -0.3 is 9.16 Å². The van der Waals surface area contributed by atoms with Crippen molar-refractivity contribution in [3.63, 3.8) is 0 Å². The minimum absolute atomic E-state index is 0.0155. The second-order valence-corrected chi connectivity index (χ2v) is 25.2. The van der Waals surface area contributed by atoms with Crippen molar-refractivity contribution >= 4 is 48.4 Å². The Morgan fingerprint density at radius 2 is 1.97 bits per heavy atom. The Kier molecular flexibility index (Phi) is 7.86. The number of ether oxygens (including phenoxy) is 1. The summed E-state index contributed by atoms with van der Waals surface area (Å²) in [4.78, 5) is 26.3. The van der Waals surface area contributed by atoms with Crippen LogP contribution in [-0.2, 0) is 13.7 Å². The van der Waals surface area contributed by atoms with Gasteiger partial charge in [-0.3, -0.25) is 14.3 Å². The van der Waals surface area contributed by atoms with Gasteiger partial charge in [0, 0.05) is 23.3 Å². The molecule has 0 spiro atoms. The molecule has 0 bridgehead atoms. The Labute approximate surface area is 196 Å². The number of rotatable bonds is 6. The highest BCUT2D eigenvalue weighted by atomic mass is 33.4. The fourth-order valence-corrected chi connectivity index (χ4v) is 13.6. The first-order valence-corrected chi connectivity index (χ1v) is 19.0. The molecule has 3 heterocycles. The van der Waals surface area contributed by atoms with Gasteiger partial charge in [0.1, 0.15) is 6.10 Å². The van der Waals surface area contributed by atoms with Crippen molar-refractivity contribution in [1.29, 1.82) is 0 Å². The molecule has 0 aromatic carbocycles. The highest BCUT2D eigenvalue weighted by molar-refractivity contribution is 9.15. The smallest absolute Gasteiger partial charge is 0.330 e. The largest absolute Gasteiger partial charge is 0.414 e. The van der Waals surface area contributed by atoms with Gasteiger partial charge in [0.25, 0.3) is 5.56 Å². The summed E-state index contributed by atoms with van der Waals surface area (Å²) in [5.41, 5.74) is -0.916. The van der Waals surface area contributed by atoms with Gasteiger partial charge in [-0.2, -0.15) is 4.52 Å². The lowest BCUT2D eigenvalue weighted by atomic mass is 10.1. The summed E-state index contributed by atoms with van der Waals surface area (Å²) in [6.07, 6.45) is -3.10. The number of thiol groups is 1. The number of halogens is 1. The first kappa shape index (κ1) is 25.8. The van der Waals surface area contributed by atoms with E-state index < -0.39 is 49.3 Å². The zero-order valence-electron chi connectivity index (χ0n) is 18.6. The molecule has 1 aromatic heterocycles. The van der Waals surface area contributed by atoms with Crippen molar-refractivity contribution in [2.24, 2.45) is 0 Å². The molecule has 4 atom stereocenters. The van der Waals surface area contributed by atoms with E-state index >= 15 is 4.39 Å². The van der Waals surface area contributed by atoms with Gasteiger partial charge >= 0.3 is 10.8 Å². The summed E-state index contributed by atoms with van der Waals surface area (Å²) in [5, 5.41) is -2.19. The molecule has 0 radical (unpaired) electrons. The van der Waals surface area contributed by atoms with Crippen LogP contribution in [0.3, 0.4) is 0 Å². The molecule has 0 amide bonds. The van der Waals surface area contributed by atoms with E-state index in [-0.39, 0.29) is 11.6 Å². The fourth-order valence-electron chi connectivity index (χ4n) is 3.02. The van der Waals surface area contributed by atoms with Gasteiger partial charge in [-0.25, -0.2) is 9.18 Å². The van der Waals surface area contributed by atoms with Gasteiger partial charge in [0.2, 0.25) is 0 Å². The average Bonchev–Trinajstić information content (AvgIpc) is 3.21. The lowest BCUT2D eigenvalue weighted by Gasteiger charge is -2.37.